The van der Waals surface area contributed by atoms with Crippen molar-refractivity contribution in [1.29, 1.82) is 0 Å². The molecule has 3 rings (SSSR count). The fraction of sp³-hybridized carbons (Fsp3) is 0.368. The highest BCUT2D eigenvalue weighted by Crippen LogP contribution is 2.34. The Morgan fingerprint density at radius 3 is 2.81 bits per heavy atom. The van der Waals surface area contributed by atoms with Gasteiger partial charge in [-0.15, -0.1) is 0 Å². The van der Waals surface area contributed by atoms with Crippen LogP contribution in [0.3, 0.4) is 0 Å². The summed E-state index contributed by atoms with van der Waals surface area (Å²) in [6.07, 6.45) is 0. The molecule has 0 fully saturated rings. The third-order valence-corrected chi connectivity index (χ3v) is 4.12. The van der Waals surface area contributed by atoms with Gasteiger partial charge < -0.3 is 9.47 Å². The maximum Gasteiger partial charge on any atom is 0.123 e. The molecule has 2 aromatic rings. The summed E-state index contributed by atoms with van der Waals surface area (Å²) in [5.41, 5.74) is 3.76. The van der Waals surface area contributed by atoms with Crippen molar-refractivity contribution in [2.45, 2.75) is 32.6 Å². The predicted octanol–water partition coefficient (Wildman–Crippen LogP) is 4.67. The number of benzene rings is 2. The predicted molar refractivity (Wildman–Crippen MR) is 85.4 cm³/mol. The minimum Gasteiger partial charge on any atom is -0.493 e. The highest BCUT2D eigenvalue weighted by molar-refractivity contribution is 5.41. The summed E-state index contributed by atoms with van der Waals surface area (Å²) in [6.45, 7) is 7.88. The molecule has 0 saturated carbocycles. The van der Waals surface area contributed by atoms with Crippen LogP contribution in [-0.4, -0.2) is 13.2 Å². The lowest BCUT2D eigenvalue weighted by Gasteiger charge is -2.15. The van der Waals surface area contributed by atoms with Crippen LogP contribution in [0.15, 0.2) is 42.5 Å². The first-order valence-corrected chi connectivity index (χ1v) is 7.60. The molecule has 0 radical (unpaired) electrons. The number of hydrogen-bond donors (Lipinski definition) is 0. The Hall–Kier alpha value is -1.96. The average molecular weight is 282 g/mol. The van der Waals surface area contributed by atoms with Crippen molar-refractivity contribution in [3.63, 3.8) is 0 Å². The molecule has 1 atom stereocenters. The lowest BCUT2D eigenvalue weighted by Crippen LogP contribution is -2.12. The fourth-order valence-corrected chi connectivity index (χ4v) is 2.69. The Bertz CT molecular complexity index is 631. The zero-order valence-electron chi connectivity index (χ0n) is 12.9. The Kier molecular flexibility index (Phi) is 3.87. The molecule has 2 nitrogen and oxygen atoms in total. The van der Waals surface area contributed by atoms with Crippen molar-refractivity contribution in [3.8, 4) is 11.5 Å². The highest BCUT2D eigenvalue weighted by atomic mass is 16.5. The van der Waals surface area contributed by atoms with Gasteiger partial charge in [0, 0.05) is 5.56 Å². The van der Waals surface area contributed by atoms with Crippen molar-refractivity contribution < 1.29 is 9.47 Å². The van der Waals surface area contributed by atoms with E-state index in [4.69, 9.17) is 9.47 Å². The van der Waals surface area contributed by atoms with E-state index in [1.807, 2.05) is 12.1 Å². The first kappa shape index (κ1) is 14.0. The highest BCUT2D eigenvalue weighted by Gasteiger charge is 2.24. The van der Waals surface area contributed by atoms with Crippen LogP contribution >= 0.6 is 0 Å². The van der Waals surface area contributed by atoms with Gasteiger partial charge in [0.05, 0.1) is 19.1 Å². The van der Waals surface area contributed by atoms with Crippen molar-refractivity contribution in [3.05, 3.63) is 59.2 Å². The zero-order chi connectivity index (χ0) is 14.8. The van der Waals surface area contributed by atoms with Gasteiger partial charge in [0.1, 0.15) is 11.5 Å². The molecule has 21 heavy (non-hydrogen) atoms. The molecule has 0 saturated heterocycles. The van der Waals surface area contributed by atoms with Gasteiger partial charge in [-0.2, -0.15) is 0 Å². The van der Waals surface area contributed by atoms with Crippen LogP contribution in [0.25, 0.3) is 0 Å². The Morgan fingerprint density at radius 1 is 1.19 bits per heavy atom. The monoisotopic (exact) mass is 282 g/mol. The molecule has 0 spiro atoms. The smallest absolute Gasteiger partial charge is 0.123 e. The normalized spacial score (nSPS) is 16.7. The van der Waals surface area contributed by atoms with Crippen LogP contribution < -0.4 is 9.47 Å². The third kappa shape index (κ3) is 2.90. The Labute approximate surface area is 126 Å². The Balaban J connectivity index is 1.73. The van der Waals surface area contributed by atoms with Gasteiger partial charge in [0.2, 0.25) is 0 Å². The van der Waals surface area contributed by atoms with E-state index in [2.05, 4.69) is 51.1 Å². The molecule has 110 valence electrons. The summed E-state index contributed by atoms with van der Waals surface area (Å²) >= 11 is 0. The first-order valence-electron chi connectivity index (χ1n) is 7.60. The number of hydrogen-bond acceptors (Lipinski definition) is 2. The van der Waals surface area contributed by atoms with Gasteiger partial charge in [-0.1, -0.05) is 44.2 Å². The lowest BCUT2D eigenvalue weighted by molar-refractivity contribution is 0.247. The van der Waals surface area contributed by atoms with Crippen LogP contribution in [-0.2, 0) is 0 Å². The summed E-state index contributed by atoms with van der Waals surface area (Å²) in [6, 6.07) is 14.7. The quantitative estimate of drug-likeness (QED) is 0.811. The van der Waals surface area contributed by atoms with Crippen molar-refractivity contribution in [1.82, 2.24) is 0 Å². The van der Waals surface area contributed by atoms with E-state index < -0.39 is 0 Å². The summed E-state index contributed by atoms with van der Waals surface area (Å²) in [5, 5.41) is 0. The van der Waals surface area contributed by atoms with E-state index >= 15 is 0 Å². The Morgan fingerprint density at radius 2 is 2.00 bits per heavy atom. The maximum absolute atomic E-state index is 6.09. The number of rotatable bonds is 4. The van der Waals surface area contributed by atoms with Crippen molar-refractivity contribution >= 4 is 0 Å². The summed E-state index contributed by atoms with van der Waals surface area (Å²) in [5.74, 6) is 2.83. The van der Waals surface area contributed by atoms with Gasteiger partial charge in [0.15, 0.2) is 0 Å². The molecule has 0 aliphatic carbocycles. The molecular formula is C19H22O2. The largest absolute Gasteiger partial charge is 0.493 e. The lowest BCUT2D eigenvalue weighted by atomic mass is 10.0. The van der Waals surface area contributed by atoms with Crippen LogP contribution in [0, 0.1) is 6.92 Å². The minimum absolute atomic E-state index is 0.323. The van der Waals surface area contributed by atoms with Crippen molar-refractivity contribution in [2.75, 3.05) is 13.2 Å². The number of aryl methyl sites for hydroxylation is 1. The second-order valence-corrected chi connectivity index (χ2v) is 6.04. The van der Waals surface area contributed by atoms with E-state index in [-0.39, 0.29) is 0 Å². The molecule has 1 aliphatic heterocycles. The zero-order valence-corrected chi connectivity index (χ0v) is 12.9. The number of fused-ring (bicyclic) bond motifs is 1. The fourth-order valence-electron chi connectivity index (χ4n) is 2.69. The van der Waals surface area contributed by atoms with Gasteiger partial charge in [0.25, 0.3) is 0 Å². The summed E-state index contributed by atoms with van der Waals surface area (Å²) in [4.78, 5) is 0. The molecule has 0 N–H and O–H groups in total. The second kappa shape index (κ2) is 5.80. The number of ether oxygens (including phenoxy) is 2. The van der Waals surface area contributed by atoms with Gasteiger partial charge in [-0.05, 0) is 36.1 Å². The van der Waals surface area contributed by atoms with Gasteiger partial charge in [-0.25, -0.2) is 0 Å². The van der Waals surface area contributed by atoms with Crippen LogP contribution in [0.5, 0.6) is 11.5 Å². The standard InChI is InChI=1S/C19H22O2/c1-13(2)15-9-8-14(3)19(10-15)21-12-16-11-20-18-7-5-4-6-17(16)18/h4-10,13,16H,11-12H2,1-3H3. The molecule has 1 heterocycles. The van der Waals surface area contributed by atoms with E-state index in [1.165, 1.54) is 16.7 Å². The van der Waals surface area contributed by atoms with E-state index in [9.17, 15) is 0 Å². The molecule has 2 heteroatoms. The molecular weight excluding hydrogens is 260 g/mol. The van der Waals surface area contributed by atoms with Crippen molar-refractivity contribution in [2.24, 2.45) is 0 Å². The molecule has 0 aromatic heterocycles. The molecule has 2 aromatic carbocycles. The van der Waals surface area contributed by atoms with Gasteiger partial charge >= 0.3 is 0 Å². The van der Waals surface area contributed by atoms with E-state index in [0.717, 1.165) is 11.5 Å². The van der Waals surface area contributed by atoms with E-state index in [1.54, 1.807) is 0 Å². The second-order valence-electron chi connectivity index (χ2n) is 6.04. The minimum atomic E-state index is 0.323. The molecule has 1 aliphatic rings. The summed E-state index contributed by atoms with van der Waals surface area (Å²) < 4.78 is 11.8. The topological polar surface area (TPSA) is 18.5 Å². The van der Waals surface area contributed by atoms with Gasteiger partial charge in [-0.3, -0.25) is 0 Å². The molecule has 1 unspecified atom stereocenters. The molecule has 0 bridgehead atoms. The maximum atomic E-state index is 6.09. The van der Waals surface area contributed by atoms with Crippen LogP contribution in [0.4, 0.5) is 0 Å². The summed E-state index contributed by atoms with van der Waals surface area (Å²) in [7, 11) is 0. The van der Waals surface area contributed by atoms with Crippen LogP contribution in [0.2, 0.25) is 0 Å². The van der Waals surface area contributed by atoms with E-state index in [0.29, 0.717) is 25.0 Å². The average Bonchev–Trinajstić information content (AvgIpc) is 2.89. The SMILES string of the molecule is Cc1ccc(C(C)C)cc1OCC1COc2ccccc21. The number of para-hydroxylation sites is 1. The first-order chi connectivity index (χ1) is 10.1. The van der Waals surface area contributed by atoms with Crippen LogP contribution in [0.1, 0.15) is 42.4 Å². The third-order valence-electron chi connectivity index (χ3n) is 4.12. The molecule has 0 amide bonds.